The Morgan fingerprint density at radius 1 is 1.23 bits per heavy atom. The fourth-order valence-corrected chi connectivity index (χ4v) is 3.91. The number of halogens is 1. The van der Waals surface area contributed by atoms with E-state index < -0.39 is 0 Å². The topological polar surface area (TPSA) is 88.0 Å². The first kappa shape index (κ1) is 25.5. The third kappa shape index (κ3) is 7.42. The summed E-state index contributed by atoms with van der Waals surface area (Å²) in [5.41, 5.74) is 0.962. The van der Waals surface area contributed by atoms with Crippen LogP contribution in [0.25, 0.3) is 0 Å². The monoisotopic (exact) mass is 561 g/mol. The zero-order valence-corrected chi connectivity index (χ0v) is 21.6. The molecule has 11 heteroatoms. The van der Waals surface area contributed by atoms with Crippen LogP contribution >= 0.6 is 35.5 Å². The molecule has 172 valence electrons. The van der Waals surface area contributed by atoms with E-state index in [-0.39, 0.29) is 24.0 Å². The van der Waals surface area contributed by atoms with Crippen LogP contribution in [0.5, 0.6) is 5.88 Å². The van der Waals surface area contributed by atoms with E-state index in [4.69, 9.17) is 14.5 Å². The van der Waals surface area contributed by atoms with Crippen molar-refractivity contribution < 1.29 is 9.47 Å². The van der Waals surface area contributed by atoms with E-state index in [0.29, 0.717) is 25.6 Å². The number of rotatable bonds is 9. The second-order valence-electron chi connectivity index (χ2n) is 6.80. The quantitative estimate of drug-likeness (QED) is 0.216. The van der Waals surface area contributed by atoms with Crippen LogP contribution in [-0.4, -0.2) is 78.2 Å². The molecule has 31 heavy (non-hydrogen) atoms. The minimum Gasteiger partial charge on any atom is -0.475 e. The van der Waals surface area contributed by atoms with Crippen molar-refractivity contribution in [1.82, 2.24) is 24.6 Å². The maximum Gasteiger partial charge on any atom is 0.218 e. The summed E-state index contributed by atoms with van der Waals surface area (Å²) in [4.78, 5) is 18.4. The standard InChI is InChI=1S/C20H31N7O2S.HI/c1-4-17-24-20(30-25-17)27-11-9-26(10-12-27)19(21-5-2)23-15-16-7-6-8-22-18(16)29-14-13-28-3;/h6-8H,4-5,9-15H2,1-3H3,(H,21,23);1H. The molecule has 1 N–H and O–H groups in total. The summed E-state index contributed by atoms with van der Waals surface area (Å²) >= 11 is 1.49. The number of aryl methyl sites for hydroxylation is 1. The molecule has 2 aromatic heterocycles. The van der Waals surface area contributed by atoms with Gasteiger partial charge in [-0.15, -0.1) is 24.0 Å². The largest absolute Gasteiger partial charge is 0.475 e. The van der Waals surface area contributed by atoms with E-state index in [1.54, 1.807) is 13.3 Å². The molecule has 0 unspecified atom stereocenters. The maximum absolute atomic E-state index is 5.73. The average molecular weight is 561 g/mol. The highest BCUT2D eigenvalue weighted by molar-refractivity contribution is 14.0. The van der Waals surface area contributed by atoms with Gasteiger partial charge in [-0.25, -0.2) is 15.0 Å². The zero-order valence-electron chi connectivity index (χ0n) is 18.4. The molecule has 0 amide bonds. The number of nitrogens with zero attached hydrogens (tertiary/aromatic N) is 6. The molecule has 1 fully saturated rings. The van der Waals surface area contributed by atoms with Gasteiger partial charge in [0.15, 0.2) is 5.96 Å². The van der Waals surface area contributed by atoms with Crippen molar-refractivity contribution >= 4 is 46.6 Å². The van der Waals surface area contributed by atoms with Gasteiger partial charge in [0, 0.05) is 69.5 Å². The van der Waals surface area contributed by atoms with Crippen molar-refractivity contribution in [1.29, 1.82) is 0 Å². The molecule has 1 aliphatic rings. The van der Waals surface area contributed by atoms with Crippen molar-refractivity contribution in [3.8, 4) is 5.88 Å². The predicted molar refractivity (Wildman–Crippen MR) is 135 cm³/mol. The van der Waals surface area contributed by atoms with E-state index in [0.717, 1.165) is 61.6 Å². The Kier molecular flexibility index (Phi) is 11.2. The second kappa shape index (κ2) is 13.6. The first-order valence-electron chi connectivity index (χ1n) is 10.4. The van der Waals surface area contributed by atoms with Gasteiger partial charge in [-0.2, -0.15) is 4.37 Å². The number of nitrogens with one attached hydrogen (secondary N) is 1. The Morgan fingerprint density at radius 3 is 2.71 bits per heavy atom. The van der Waals surface area contributed by atoms with Crippen LogP contribution in [-0.2, 0) is 17.7 Å². The highest BCUT2D eigenvalue weighted by Gasteiger charge is 2.22. The zero-order chi connectivity index (χ0) is 21.2. The number of aromatic nitrogens is 3. The van der Waals surface area contributed by atoms with Gasteiger partial charge in [-0.05, 0) is 13.0 Å². The molecule has 9 nitrogen and oxygen atoms in total. The molecule has 3 rings (SSSR count). The van der Waals surface area contributed by atoms with E-state index in [1.807, 2.05) is 12.1 Å². The molecule has 0 aliphatic carbocycles. The van der Waals surface area contributed by atoms with Gasteiger partial charge in [-0.1, -0.05) is 13.0 Å². The van der Waals surface area contributed by atoms with Gasteiger partial charge in [0.1, 0.15) is 12.4 Å². The Balaban J connectivity index is 0.00000341. The number of ether oxygens (including phenoxy) is 2. The number of aliphatic imine (C=N–C) groups is 1. The Morgan fingerprint density at radius 2 is 2.03 bits per heavy atom. The lowest BCUT2D eigenvalue weighted by Crippen LogP contribution is -2.52. The van der Waals surface area contributed by atoms with Crippen molar-refractivity contribution in [2.75, 3.05) is 57.9 Å². The van der Waals surface area contributed by atoms with Crippen molar-refractivity contribution in [3.05, 3.63) is 29.7 Å². The van der Waals surface area contributed by atoms with Gasteiger partial charge in [-0.3, -0.25) is 0 Å². The Hall–Kier alpha value is -1.73. The molecule has 0 bridgehead atoms. The molecule has 3 heterocycles. The summed E-state index contributed by atoms with van der Waals surface area (Å²) in [7, 11) is 1.66. The van der Waals surface area contributed by atoms with E-state index >= 15 is 0 Å². The molecular weight excluding hydrogens is 529 g/mol. The van der Waals surface area contributed by atoms with Gasteiger partial charge in [0.05, 0.1) is 13.2 Å². The number of hydrogen-bond acceptors (Lipinski definition) is 8. The molecular formula is C20H32IN7O2S. The molecule has 0 saturated carbocycles. The summed E-state index contributed by atoms with van der Waals surface area (Å²) in [6.45, 7) is 10.1. The maximum atomic E-state index is 5.73. The van der Waals surface area contributed by atoms with Crippen LogP contribution in [0.4, 0.5) is 5.13 Å². The number of anilines is 1. The first-order chi connectivity index (χ1) is 14.7. The number of piperazine rings is 1. The van der Waals surface area contributed by atoms with Gasteiger partial charge in [0.2, 0.25) is 11.0 Å². The Bertz CT molecular complexity index is 812. The highest BCUT2D eigenvalue weighted by atomic mass is 127. The summed E-state index contributed by atoms with van der Waals surface area (Å²) in [6, 6.07) is 3.91. The van der Waals surface area contributed by atoms with Crippen LogP contribution in [0, 0.1) is 0 Å². The fourth-order valence-electron chi connectivity index (χ4n) is 3.11. The van der Waals surface area contributed by atoms with Gasteiger partial charge >= 0.3 is 0 Å². The van der Waals surface area contributed by atoms with E-state index in [1.165, 1.54) is 11.5 Å². The molecule has 2 aromatic rings. The van der Waals surface area contributed by atoms with Crippen molar-refractivity contribution in [2.45, 2.75) is 26.8 Å². The van der Waals surface area contributed by atoms with Crippen LogP contribution in [0.15, 0.2) is 23.3 Å². The summed E-state index contributed by atoms with van der Waals surface area (Å²) in [6.07, 6.45) is 2.61. The van der Waals surface area contributed by atoms with E-state index in [9.17, 15) is 0 Å². The third-order valence-corrected chi connectivity index (χ3v) is 5.55. The lowest BCUT2D eigenvalue weighted by molar-refractivity contribution is 0.143. The van der Waals surface area contributed by atoms with Crippen molar-refractivity contribution in [2.24, 2.45) is 4.99 Å². The summed E-state index contributed by atoms with van der Waals surface area (Å²) in [5, 5.41) is 4.43. The highest BCUT2D eigenvalue weighted by Crippen LogP contribution is 2.20. The first-order valence-corrected chi connectivity index (χ1v) is 11.2. The summed E-state index contributed by atoms with van der Waals surface area (Å²) in [5.74, 6) is 2.45. The van der Waals surface area contributed by atoms with Crippen molar-refractivity contribution in [3.63, 3.8) is 0 Å². The number of guanidine groups is 1. The van der Waals surface area contributed by atoms with Gasteiger partial charge in [0.25, 0.3) is 0 Å². The predicted octanol–water partition coefficient (Wildman–Crippen LogP) is 2.43. The SMILES string of the molecule is CCNC(=NCc1cccnc1OCCOC)N1CCN(c2nc(CC)ns2)CC1.I. The Labute approximate surface area is 205 Å². The van der Waals surface area contributed by atoms with Crippen LogP contribution in [0.2, 0.25) is 0 Å². The molecule has 0 spiro atoms. The second-order valence-corrected chi connectivity index (χ2v) is 7.53. The molecule has 0 radical (unpaired) electrons. The minimum atomic E-state index is 0. The summed E-state index contributed by atoms with van der Waals surface area (Å²) < 4.78 is 15.2. The molecule has 1 saturated heterocycles. The number of hydrogen-bond donors (Lipinski definition) is 1. The number of methoxy groups -OCH3 is 1. The average Bonchev–Trinajstić information content (AvgIpc) is 3.27. The van der Waals surface area contributed by atoms with Crippen LogP contribution in [0.1, 0.15) is 25.2 Å². The van der Waals surface area contributed by atoms with E-state index in [2.05, 4.69) is 43.3 Å². The van der Waals surface area contributed by atoms with Crippen LogP contribution < -0.4 is 15.0 Å². The van der Waals surface area contributed by atoms with Crippen LogP contribution in [0.3, 0.4) is 0 Å². The molecule has 0 atom stereocenters. The van der Waals surface area contributed by atoms with Gasteiger partial charge < -0.3 is 24.6 Å². The molecule has 0 aromatic carbocycles. The lowest BCUT2D eigenvalue weighted by atomic mass is 10.3. The fraction of sp³-hybridized carbons (Fsp3) is 0.600. The lowest BCUT2D eigenvalue weighted by Gasteiger charge is -2.36. The normalized spacial score (nSPS) is 14.4. The number of pyridine rings is 1. The minimum absolute atomic E-state index is 0. The molecule has 1 aliphatic heterocycles. The third-order valence-electron chi connectivity index (χ3n) is 4.73. The smallest absolute Gasteiger partial charge is 0.218 e.